The van der Waals surface area contributed by atoms with E-state index in [1.165, 1.54) is 5.57 Å². The molecule has 0 aromatic heterocycles. The van der Waals surface area contributed by atoms with Crippen LogP contribution in [0.2, 0.25) is 0 Å². The molecule has 3 heteroatoms. The maximum absolute atomic E-state index is 10.3. The van der Waals surface area contributed by atoms with Gasteiger partial charge in [-0.15, -0.1) is 0 Å². The van der Waals surface area contributed by atoms with Crippen molar-refractivity contribution in [1.82, 2.24) is 0 Å². The van der Waals surface area contributed by atoms with E-state index >= 15 is 0 Å². The second kappa shape index (κ2) is 10.4. The summed E-state index contributed by atoms with van der Waals surface area (Å²) in [7, 11) is 0. The Kier molecular flexibility index (Phi) is 8.42. The molecular formula is C27H38O3. The van der Waals surface area contributed by atoms with Crippen molar-refractivity contribution in [1.29, 1.82) is 0 Å². The maximum Gasteiger partial charge on any atom is 0.0982 e. The quantitative estimate of drug-likeness (QED) is 0.415. The van der Waals surface area contributed by atoms with E-state index in [0.29, 0.717) is 6.42 Å². The van der Waals surface area contributed by atoms with Gasteiger partial charge >= 0.3 is 0 Å². The summed E-state index contributed by atoms with van der Waals surface area (Å²) in [6, 6.07) is 0. The third-order valence-corrected chi connectivity index (χ3v) is 5.86. The van der Waals surface area contributed by atoms with Crippen LogP contribution in [0.4, 0.5) is 0 Å². The number of ether oxygens (including phenoxy) is 1. The van der Waals surface area contributed by atoms with Crippen LogP contribution in [0, 0.1) is 5.41 Å². The molecule has 30 heavy (non-hydrogen) atoms. The molecule has 0 amide bonds. The Bertz CT molecular complexity index is 817. The van der Waals surface area contributed by atoms with E-state index in [2.05, 4.69) is 65.0 Å². The van der Waals surface area contributed by atoms with Crippen molar-refractivity contribution in [2.45, 2.75) is 72.2 Å². The molecule has 0 unspecified atom stereocenters. The third-order valence-electron chi connectivity index (χ3n) is 5.86. The van der Waals surface area contributed by atoms with E-state index in [4.69, 9.17) is 9.84 Å². The van der Waals surface area contributed by atoms with Gasteiger partial charge < -0.3 is 14.9 Å². The van der Waals surface area contributed by atoms with E-state index in [9.17, 15) is 5.11 Å². The predicted molar refractivity (Wildman–Crippen MR) is 126 cm³/mol. The molecule has 0 radical (unpaired) electrons. The number of allylic oxidation sites excluding steroid dienone is 10. The van der Waals surface area contributed by atoms with Crippen molar-refractivity contribution in [3.8, 4) is 0 Å². The number of rotatable bonds is 7. The summed E-state index contributed by atoms with van der Waals surface area (Å²) in [4.78, 5) is 0. The average Bonchev–Trinajstić information content (AvgIpc) is 3.01. The zero-order chi connectivity index (χ0) is 22.4. The smallest absolute Gasteiger partial charge is 0.0982 e. The summed E-state index contributed by atoms with van der Waals surface area (Å²) in [5, 5.41) is 19.1. The lowest BCUT2D eigenvalue weighted by Gasteiger charge is -2.44. The molecule has 2 aliphatic rings. The molecule has 0 saturated heterocycles. The second-order valence-electron chi connectivity index (χ2n) is 9.36. The number of aliphatic hydroxyl groups is 2. The average molecular weight is 411 g/mol. The molecule has 1 aliphatic heterocycles. The molecule has 0 spiro atoms. The van der Waals surface area contributed by atoms with Crippen molar-refractivity contribution in [3.63, 3.8) is 0 Å². The van der Waals surface area contributed by atoms with Crippen molar-refractivity contribution in [3.05, 3.63) is 83.1 Å². The highest BCUT2D eigenvalue weighted by Gasteiger charge is 2.50. The first kappa shape index (κ1) is 24.3. The fourth-order valence-corrected chi connectivity index (χ4v) is 4.46. The first-order valence-electron chi connectivity index (χ1n) is 10.8. The Labute approximate surface area is 182 Å². The highest BCUT2D eigenvalue weighted by atomic mass is 16.5. The van der Waals surface area contributed by atoms with Crippen LogP contribution in [-0.4, -0.2) is 34.6 Å². The number of fused-ring (bicyclic) bond motifs is 1. The summed E-state index contributed by atoms with van der Waals surface area (Å²) < 4.78 is 6.40. The lowest BCUT2D eigenvalue weighted by atomic mass is 9.65. The van der Waals surface area contributed by atoms with Gasteiger partial charge in [0, 0.05) is 6.42 Å². The molecule has 0 aromatic carbocycles. The monoisotopic (exact) mass is 410 g/mol. The molecule has 2 rings (SSSR count). The molecule has 1 aliphatic carbocycles. The largest absolute Gasteiger partial charge is 0.393 e. The lowest BCUT2D eigenvalue weighted by Crippen LogP contribution is -2.45. The maximum atomic E-state index is 10.3. The molecule has 1 fully saturated rings. The van der Waals surface area contributed by atoms with Crippen LogP contribution in [0.25, 0.3) is 0 Å². The molecule has 2 N–H and O–H groups in total. The van der Waals surface area contributed by atoms with Gasteiger partial charge in [0.2, 0.25) is 0 Å². The normalized spacial score (nSPS) is 30.5. The SMILES string of the molecule is CC(/C=C/C=C(\C)[C@H]1C=C2C(C)(C)C[C@H](O)C[C@@]2(C)O1)=C\C=C\C=C(C)\C=C\CO. The van der Waals surface area contributed by atoms with Gasteiger partial charge in [0.05, 0.1) is 24.4 Å². The van der Waals surface area contributed by atoms with E-state index in [1.807, 2.05) is 31.2 Å². The van der Waals surface area contributed by atoms with Gasteiger partial charge in [0.1, 0.15) is 0 Å². The molecular weight excluding hydrogens is 372 g/mol. The highest BCUT2D eigenvalue weighted by molar-refractivity contribution is 5.37. The Morgan fingerprint density at radius 1 is 1.00 bits per heavy atom. The number of hydrogen-bond donors (Lipinski definition) is 2. The predicted octanol–water partition coefficient (Wildman–Crippen LogP) is 5.75. The van der Waals surface area contributed by atoms with Gasteiger partial charge in [0.15, 0.2) is 0 Å². The van der Waals surface area contributed by atoms with Crippen LogP contribution in [0.15, 0.2) is 83.1 Å². The summed E-state index contributed by atoms with van der Waals surface area (Å²) in [6.07, 6.45) is 21.3. The first-order chi connectivity index (χ1) is 14.1. The summed E-state index contributed by atoms with van der Waals surface area (Å²) >= 11 is 0. The molecule has 3 nitrogen and oxygen atoms in total. The van der Waals surface area contributed by atoms with E-state index in [-0.39, 0.29) is 29.8 Å². The minimum atomic E-state index is -0.372. The Morgan fingerprint density at radius 3 is 2.27 bits per heavy atom. The molecule has 164 valence electrons. The number of aliphatic hydroxyl groups excluding tert-OH is 2. The lowest BCUT2D eigenvalue weighted by molar-refractivity contribution is -0.0683. The standard InChI is InChI=1S/C27H38O3/c1-20(11-7-8-12-21(2)14-10-16-28)13-9-15-22(3)24-17-25-26(4,5)18-23(29)19-27(25,6)30-24/h7-15,17,23-24,28-29H,16,18-19H2,1-6H3/b8-7+,13-9+,14-10+,20-11+,21-12+,22-15+/t23-,24+,27+/m0/s1. The van der Waals surface area contributed by atoms with Gasteiger partial charge in [-0.3, -0.25) is 0 Å². The Morgan fingerprint density at radius 2 is 1.63 bits per heavy atom. The minimum Gasteiger partial charge on any atom is -0.393 e. The zero-order valence-corrected chi connectivity index (χ0v) is 19.4. The Balaban J connectivity index is 2.00. The zero-order valence-electron chi connectivity index (χ0n) is 19.4. The van der Waals surface area contributed by atoms with E-state index in [0.717, 1.165) is 23.1 Å². The second-order valence-corrected chi connectivity index (χ2v) is 9.36. The van der Waals surface area contributed by atoms with Crippen LogP contribution in [0.1, 0.15) is 54.4 Å². The molecule has 3 atom stereocenters. The number of hydrogen-bond acceptors (Lipinski definition) is 3. The fraction of sp³-hybridized carbons (Fsp3) is 0.481. The first-order valence-corrected chi connectivity index (χ1v) is 10.8. The molecule has 1 heterocycles. The van der Waals surface area contributed by atoms with Crippen molar-refractivity contribution >= 4 is 0 Å². The minimum absolute atomic E-state index is 0.0381. The Hall–Kier alpha value is -1.94. The summed E-state index contributed by atoms with van der Waals surface area (Å²) in [6.45, 7) is 12.7. The van der Waals surface area contributed by atoms with Gasteiger partial charge in [-0.05, 0) is 56.8 Å². The van der Waals surface area contributed by atoms with Crippen LogP contribution in [-0.2, 0) is 4.74 Å². The van der Waals surface area contributed by atoms with E-state index < -0.39 is 0 Å². The molecule has 0 aromatic rings. The highest BCUT2D eigenvalue weighted by Crippen LogP contribution is 2.51. The van der Waals surface area contributed by atoms with Crippen LogP contribution < -0.4 is 0 Å². The van der Waals surface area contributed by atoms with Gasteiger partial charge in [-0.25, -0.2) is 0 Å². The summed E-state index contributed by atoms with van der Waals surface area (Å²) in [5.74, 6) is 0. The topological polar surface area (TPSA) is 49.7 Å². The van der Waals surface area contributed by atoms with Crippen molar-refractivity contribution < 1.29 is 14.9 Å². The van der Waals surface area contributed by atoms with Crippen LogP contribution in [0.3, 0.4) is 0 Å². The molecule has 1 saturated carbocycles. The van der Waals surface area contributed by atoms with Gasteiger partial charge in [-0.2, -0.15) is 0 Å². The fourth-order valence-electron chi connectivity index (χ4n) is 4.46. The van der Waals surface area contributed by atoms with Crippen LogP contribution in [0.5, 0.6) is 0 Å². The van der Waals surface area contributed by atoms with E-state index in [1.54, 1.807) is 6.08 Å². The van der Waals surface area contributed by atoms with Crippen molar-refractivity contribution in [2.75, 3.05) is 6.61 Å². The van der Waals surface area contributed by atoms with Gasteiger partial charge in [0.25, 0.3) is 0 Å². The third kappa shape index (κ3) is 6.53. The molecule has 0 bridgehead atoms. The van der Waals surface area contributed by atoms with Gasteiger partial charge in [-0.1, -0.05) is 79.7 Å². The van der Waals surface area contributed by atoms with Crippen LogP contribution >= 0.6 is 0 Å². The summed E-state index contributed by atoms with van der Waals surface area (Å²) in [5.41, 5.74) is 4.32. The van der Waals surface area contributed by atoms with Crippen molar-refractivity contribution in [2.24, 2.45) is 5.41 Å².